The molecule has 26 heavy (non-hydrogen) atoms. The number of carbonyl (C=O) groups is 1. The summed E-state index contributed by atoms with van der Waals surface area (Å²) in [5.41, 5.74) is 1.92. The second kappa shape index (κ2) is 7.19. The van der Waals surface area contributed by atoms with Gasteiger partial charge < -0.3 is 10.2 Å². The number of nitrogens with zero attached hydrogens (tertiary/aromatic N) is 2. The smallest absolute Gasteiger partial charge is 0.239 e. The minimum atomic E-state index is -3.49. The van der Waals surface area contributed by atoms with Crippen molar-refractivity contribution >= 4 is 21.6 Å². The maximum atomic E-state index is 13.4. The number of fused-ring (bicyclic) bond motifs is 1. The third-order valence-corrected chi connectivity index (χ3v) is 8.05. The number of hydrogen-bond acceptors (Lipinski definition) is 4. The van der Waals surface area contributed by atoms with Crippen LogP contribution in [-0.4, -0.2) is 56.7 Å². The number of aryl methyl sites for hydroxylation is 1. The maximum absolute atomic E-state index is 13.4. The zero-order valence-electron chi connectivity index (χ0n) is 15.1. The Labute approximate surface area is 155 Å². The molecule has 0 saturated carbocycles. The predicted molar refractivity (Wildman–Crippen MR) is 102 cm³/mol. The Hall–Kier alpha value is -1.60. The van der Waals surface area contributed by atoms with E-state index in [0.29, 0.717) is 19.5 Å². The highest BCUT2D eigenvalue weighted by molar-refractivity contribution is 7.93. The van der Waals surface area contributed by atoms with E-state index in [0.717, 1.165) is 56.4 Å². The molecule has 3 aliphatic rings. The Balaban J connectivity index is 1.53. The molecule has 2 fully saturated rings. The van der Waals surface area contributed by atoms with Gasteiger partial charge in [0.2, 0.25) is 15.9 Å². The monoisotopic (exact) mass is 377 g/mol. The zero-order valence-corrected chi connectivity index (χ0v) is 15.9. The SMILES string of the molecule is O=C(C1CC(S(=O)(=O)N2CCCCc3ccccc32)CN1)N1CCCC1. The number of sulfonamides is 1. The van der Waals surface area contributed by atoms with Crippen LogP contribution in [-0.2, 0) is 21.2 Å². The van der Waals surface area contributed by atoms with Gasteiger partial charge in [-0.05, 0) is 50.2 Å². The van der Waals surface area contributed by atoms with E-state index in [1.165, 1.54) is 0 Å². The van der Waals surface area contributed by atoms with E-state index in [1.54, 1.807) is 4.31 Å². The number of anilines is 1. The number of rotatable bonds is 3. The molecule has 0 radical (unpaired) electrons. The summed E-state index contributed by atoms with van der Waals surface area (Å²) < 4.78 is 28.3. The molecule has 1 amide bonds. The van der Waals surface area contributed by atoms with Gasteiger partial charge in [-0.15, -0.1) is 0 Å². The van der Waals surface area contributed by atoms with E-state index in [2.05, 4.69) is 5.32 Å². The first-order valence-electron chi connectivity index (χ1n) is 9.69. The molecule has 3 aliphatic heterocycles. The van der Waals surface area contributed by atoms with Gasteiger partial charge in [0.15, 0.2) is 0 Å². The first-order chi connectivity index (χ1) is 12.6. The Morgan fingerprint density at radius 2 is 1.77 bits per heavy atom. The van der Waals surface area contributed by atoms with Gasteiger partial charge in [0.05, 0.1) is 17.0 Å². The number of para-hydroxylation sites is 1. The number of carbonyl (C=O) groups excluding carboxylic acids is 1. The molecule has 0 aromatic heterocycles. The number of likely N-dealkylation sites (tertiary alicyclic amines) is 1. The first kappa shape index (κ1) is 17.8. The first-order valence-corrected chi connectivity index (χ1v) is 11.2. The fraction of sp³-hybridized carbons (Fsp3) is 0.632. The van der Waals surface area contributed by atoms with Crippen molar-refractivity contribution in [2.45, 2.75) is 49.8 Å². The molecule has 4 rings (SSSR count). The van der Waals surface area contributed by atoms with E-state index >= 15 is 0 Å². The van der Waals surface area contributed by atoms with Crippen LogP contribution in [0.4, 0.5) is 5.69 Å². The van der Waals surface area contributed by atoms with Gasteiger partial charge in [-0.3, -0.25) is 9.10 Å². The van der Waals surface area contributed by atoms with Gasteiger partial charge in [0.1, 0.15) is 0 Å². The van der Waals surface area contributed by atoms with Crippen LogP contribution in [0.3, 0.4) is 0 Å². The molecular weight excluding hydrogens is 350 g/mol. The number of benzene rings is 1. The zero-order chi connectivity index (χ0) is 18.1. The molecule has 0 spiro atoms. The summed E-state index contributed by atoms with van der Waals surface area (Å²) in [5, 5.41) is 2.63. The highest BCUT2D eigenvalue weighted by Crippen LogP contribution is 2.31. The molecular formula is C19H27N3O3S. The summed E-state index contributed by atoms with van der Waals surface area (Å²) in [4.78, 5) is 14.5. The van der Waals surface area contributed by atoms with Gasteiger partial charge in [-0.2, -0.15) is 0 Å². The molecule has 7 heteroatoms. The molecule has 0 aliphatic carbocycles. The summed E-state index contributed by atoms with van der Waals surface area (Å²) >= 11 is 0. The van der Waals surface area contributed by atoms with E-state index < -0.39 is 15.3 Å². The van der Waals surface area contributed by atoms with Gasteiger partial charge in [-0.25, -0.2) is 8.42 Å². The van der Waals surface area contributed by atoms with Crippen LogP contribution in [0.15, 0.2) is 24.3 Å². The standard InChI is InChI=1S/C19H27N3O3S/c23-19(21-10-5-6-11-21)17-13-16(14-20-17)26(24,25)22-12-4-3-8-15-7-1-2-9-18(15)22/h1-2,7,9,16-17,20H,3-6,8,10-14H2. The van der Waals surface area contributed by atoms with Crippen molar-refractivity contribution in [2.24, 2.45) is 0 Å². The number of nitrogens with one attached hydrogen (secondary N) is 1. The van der Waals surface area contributed by atoms with Crippen LogP contribution in [0.2, 0.25) is 0 Å². The normalized spacial score (nSPS) is 26.6. The summed E-state index contributed by atoms with van der Waals surface area (Å²) in [6.07, 6.45) is 5.25. The van der Waals surface area contributed by atoms with E-state index in [-0.39, 0.29) is 11.9 Å². The fourth-order valence-electron chi connectivity index (χ4n) is 4.38. The minimum Gasteiger partial charge on any atom is -0.341 e. The second-order valence-electron chi connectivity index (χ2n) is 7.55. The topological polar surface area (TPSA) is 69.7 Å². The van der Waals surface area contributed by atoms with Crippen LogP contribution in [0.25, 0.3) is 0 Å². The Bertz CT molecular complexity index is 774. The van der Waals surface area contributed by atoms with Gasteiger partial charge >= 0.3 is 0 Å². The molecule has 1 aromatic carbocycles. The van der Waals surface area contributed by atoms with Gasteiger partial charge in [0, 0.05) is 26.2 Å². The lowest BCUT2D eigenvalue weighted by Crippen LogP contribution is -2.42. The Morgan fingerprint density at radius 3 is 2.58 bits per heavy atom. The summed E-state index contributed by atoms with van der Waals surface area (Å²) in [5.74, 6) is 0.0662. The lowest BCUT2D eigenvalue weighted by Gasteiger charge is -2.27. The lowest BCUT2D eigenvalue weighted by atomic mass is 10.1. The second-order valence-corrected chi connectivity index (χ2v) is 9.69. The van der Waals surface area contributed by atoms with Crippen molar-refractivity contribution in [1.29, 1.82) is 0 Å². The third kappa shape index (κ3) is 3.22. The van der Waals surface area contributed by atoms with Crippen LogP contribution in [0.1, 0.15) is 37.7 Å². The van der Waals surface area contributed by atoms with Crippen LogP contribution >= 0.6 is 0 Å². The third-order valence-electron chi connectivity index (χ3n) is 5.85. The summed E-state index contributed by atoms with van der Waals surface area (Å²) in [6, 6.07) is 7.44. The van der Waals surface area contributed by atoms with Gasteiger partial charge in [0.25, 0.3) is 0 Å². The molecule has 3 heterocycles. The Morgan fingerprint density at radius 1 is 1.04 bits per heavy atom. The van der Waals surface area contributed by atoms with E-state index in [9.17, 15) is 13.2 Å². The largest absolute Gasteiger partial charge is 0.341 e. The van der Waals surface area contributed by atoms with Crippen molar-refractivity contribution in [3.8, 4) is 0 Å². The van der Waals surface area contributed by atoms with E-state index in [1.807, 2.05) is 29.2 Å². The van der Waals surface area contributed by atoms with Crippen molar-refractivity contribution in [3.63, 3.8) is 0 Å². The van der Waals surface area contributed by atoms with Crippen molar-refractivity contribution in [3.05, 3.63) is 29.8 Å². The number of hydrogen-bond donors (Lipinski definition) is 1. The summed E-state index contributed by atoms with van der Waals surface area (Å²) in [7, 11) is -3.49. The molecule has 2 unspecified atom stereocenters. The van der Waals surface area contributed by atoms with Crippen LogP contribution in [0.5, 0.6) is 0 Å². The molecule has 1 N–H and O–H groups in total. The van der Waals surface area contributed by atoms with Gasteiger partial charge in [-0.1, -0.05) is 18.2 Å². The quantitative estimate of drug-likeness (QED) is 0.867. The minimum absolute atomic E-state index is 0.0662. The van der Waals surface area contributed by atoms with Crippen LogP contribution in [0, 0.1) is 0 Å². The average Bonchev–Trinajstić information content (AvgIpc) is 3.30. The molecule has 2 saturated heterocycles. The number of amides is 1. The highest BCUT2D eigenvalue weighted by atomic mass is 32.2. The maximum Gasteiger partial charge on any atom is 0.239 e. The molecule has 1 aromatic rings. The fourth-order valence-corrected chi connectivity index (χ4v) is 6.32. The van der Waals surface area contributed by atoms with Crippen LogP contribution < -0.4 is 9.62 Å². The lowest BCUT2D eigenvalue weighted by molar-refractivity contribution is -0.131. The average molecular weight is 378 g/mol. The predicted octanol–water partition coefficient (Wildman–Crippen LogP) is 1.51. The molecule has 142 valence electrons. The Kier molecular flexibility index (Phi) is 4.92. The highest BCUT2D eigenvalue weighted by Gasteiger charge is 2.42. The molecule has 6 nitrogen and oxygen atoms in total. The van der Waals surface area contributed by atoms with Crippen molar-refractivity contribution in [1.82, 2.24) is 10.2 Å². The van der Waals surface area contributed by atoms with Crippen molar-refractivity contribution in [2.75, 3.05) is 30.5 Å². The molecule has 2 atom stereocenters. The van der Waals surface area contributed by atoms with E-state index in [4.69, 9.17) is 0 Å². The summed E-state index contributed by atoms with van der Waals surface area (Å²) in [6.45, 7) is 2.48. The van der Waals surface area contributed by atoms with Crippen molar-refractivity contribution < 1.29 is 13.2 Å². The molecule has 0 bridgehead atoms.